The first-order valence-corrected chi connectivity index (χ1v) is 7.53. The van der Waals surface area contributed by atoms with Crippen molar-refractivity contribution in [3.63, 3.8) is 0 Å². The zero-order chi connectivity index (χ0) is 14.1. The Morgan fingerprint density at radius 3 is 3.10 bits per heavy atom. The molecule has 5 heteroatoms. The third kappa shape index (κ3) is 2.31. The van der Waals surface area contributed by atoms with E-state index in [0.29, 0.717) is 0 Å². The summed E-state index contributed by atoms with van der Waals surface area (Å²) in [5.41, 5.74) is 1.78. The SMILES string of the molecule is CNC1CCCN(c2cccc3cc(Br)cnc23)C1=O. The van der Waals surface area contributed by atoms with Crippen LogP contribution in [0.25, 0.3) is 10.9 Å². The Bertz CT molecular complexity index is 659. The van der Waals surface area contributed by atoms with Crippen LogP contribution in [0.15, 0.2) is 34.9 Å². The second-order valence-corrected chi connectivity index (χ2v) is 5.89. The molecule has 20 heavy (non-hydrogen) atoms. The predicted octanol–water partition coefficient (Wildman–Crippen LogP) is 2.71. The molecule has 4 nitrogen and oxygen atoms in total. The Morgan fingerprint density at radius 1 is 1.45 bits per heavy atom. The number of hydrogen-bond acceptors (Lipinski definition) is 3. The molecule has 0 bridgehead atoms. The smallest absolute Gasteiger partial charge is 0.244 e. The number of rotatable bonds is 2. The molecule has 1 saturated heterocycles. The number of anilines is 1. The van der Waals surface area contributed by atoms with Gasteiger partial charge in [-0.15, -0.1) is 0 Å². The summed E-state index contributed by atoms with van der Waals surface area (Å²) in [6.45, 7) is 0.758. The van der Waals surface area contributed by atoms with Gasteiger partial charge in [0.1, 0.15) is 0 Å². The van der Waals surface area contributed by atoms with E-state index in [2.05, 4.69) is 26.2 Å². The molecule has 1 amide bonds. The predicted molar refractivity (Wildman–Crippen MR) is 83.9 cm³/mol. The van der Waals surface area contributed by atoms with E-state index in [1.165, 1.54) is 0 Å². The highest BCUT2D eigenvalue weighted by molar-refractivity contribution is 9.10. The number of carbonyl (C=O) groups excluding carboxylic acids is 1. The number of piperidine rings is 1. The highest BCUT2D eigenvalue weighted by Crippen LogP contribution is 2.29. The van der Waals surface area contributed by atoms with Gasteiger partial charge in [-0.2, -0.15) is 0 Å². The number of pyridine rings is 1. The molecule has 0 spiro atoms. The third-order valence-corrected chi connectivity index (χ3v) is 4.17. The number of nitrogens with one attached hydrogen (secondary N) is 1. The molecule has 2 heterocycles. The van der Waals surface area contributed by atoms with Gasteiger partial charge in [0, 0.05) is 22.6 Å². The molecule has 0 saturated carbocycles. The number of likely N-dealkylation sites (N-methyl/N-ethyl adjacent to an activating group) is 1. The monoisotopic (exact) mass is 333 g/mol. The molecule has 1 aromatic heterocycles. The van der Waals surface area contributed by atoms with E-state index in [4.69, 9.17) is 0 Å². The maximum absolute atomic E-state index is 12.5. The number of benzene rings is 1. The van der Waals surface area contributed by atoms with E-state index in [-0.39, 0.29) is 11.9 Å². The van der Waals surface area contributed by atoms with Crippen molar-refractivity contribution in [1.82, 2.24) is 10.3 Å². The van der Waals surface area contributed by atoms with Gasteiger partial charge < -0.3 is 10.2 Å². The minimum Gasteiger partial charge on any atom is -0.309 e. The van der Waals surface area contributed by atoms with Crippen molar-refractivity contribution in [3.05, 3.63) is 34.9 Å². The average molecular weight is 334 g/mol. The lowest BCUT2D eigenvalue weighted by Gasteiger charge is -2.32. The number of halogens is 1. The lowest BCUT2D eigenvalue weighted by Crippen LogP contribution is -2.49. The van der Waals surface area contributed by atoms with Crippen LogP contribution in [0.3, 0.4) is 0 Å². The van der Waals surface area contributed by atoms with Crippen LogP contribution < -0.4 is 10.2 Å². The standard InChI is InChI=1S/C15H16BrN3O/c1-17-12-5-3-7-19(15(12)20)13-6-2-4-10-8-11(16)9-18-14(10)13/h2,4,6,8-9,12,17H,3,5,7H2,1H3. The number of amides is 1. The zero-order valence-corrected chi connectivity index (χ0v) is 12.9. The first-order chi connectivity index (χ1) is 9.70. The van der Waals surface area contributed by atoms with Gasteiger partial charge in [0.15, 0.2) is 0 Å². The summed E-state index contributed by atoms with van der Waals surface area (Å²) in [4.78, 5) is 18.8. The maximum atomic E-state index is 12.5. The van der Waals surface area contributed by atoms with Gasteiger partial charge in [-0.3, -0.25) is 9.78 Å². The van der Waals surface area contributed by atoms with Crippen molar-refractivity contribution < 1.29 is 4.79 Å². The third-order valence-electron chi connectivity index (χ3n) is 3.73. The molecule has 1 N–H and O–H groups in total. The minimum atomic E-state index is -0.0885. The molecule has 3 rings (SSSR count). The van der Waals surface area contributed by atoms with Gasteiger partial charge >= 0.3 is 0 Å². The molecule has 1 aromatic carbocycles. The van der Waals surface area contributed by atoms with Crippen molar-refractivity contribution in [1.29, 1.82) is 0 Å². The van der Waals surface area contributed by atoms with Gasteiger partial charge in [-0.25, -0.2) is 0 Å². The molecule has 0 aliphatic carbocycles. The van der Waals surface area contributed by atoms with Gasteiger partial charge in [-0.05, 0) is 48.0 Å². The first kappa shape index (κ1) is 13.5. The molecular formula is C15H16BrN3O. The lowest BCUT2D eigenvalue weighted by molar-refractivity contribution is -0.121. The van der Waals surface area contributed by atoms with Crippen LogP contribution in [0.4, 0.5) is 5.69 Å². The second-order valence-electron chi connectivity index (χ2n) is 4.98. The number of nitrogens with zero attached hydrogens (tertiary/aromatic N) is 2. The average Bonchev–Trinajstić information content (AvgIpc) is 2.46. The molecular weight excluding hydrogens is 318 g/mol. The summed E-state index contributed by atoms with van der Waals surface area (Å²) in [5.74, 6) is 0.135. The minimum absolute atomic E-state index is 0.0885. The van der Waals surface area contributed by atoms with Crippen LogP contribution in [-0.4, -0.2) is 30.5 Å². The summed E-state index contributed by atoms with van der Waals surface area (Å²) in [6, 6.07) is 7.90. The van der Waals surface area contributed by atoms with Crippen LogP contribution in [-0.2, 0) is 4.79 Å². The lowest BCUT2D eigenvalue weighted by atomic mass is 10.0. The molecule has 1 unspecified atom stereocenters. The fraction of sp³-hybridized carbons (Fsp3) is 0.333. The van der Waals surface area contributed by atoms with E-state index in [1.807, 2.05) is 36.2 Å². The van der Waals surface area contributed by atoms with Crippen LogP contribution in [0, 0.1) is 0 Å². The van der Waals surface area contributed by atoms with E-state index in [0.717, 1.165) is 40.4 Å². The van der Waals surface area contributed by atoms with Crippen LogP contribution in [0.2, 0.25) is 0 Å². The topological polar surface area (TPSA) is 45.2 Å². The number of aromatic nitrogens is 1. The Labute approximate surface area is 126 Å². The van der Waals surface area contributed by atoms with Crippen molar-refractivity contribution in [3.8, 4) is 0 Å². The Hall–Kier alpha value is -1.46. The van der Waals surface area contributed by atoms with Crippen molar-refractivity contribution >= 4 is 38.4 Å². The van der Waals surface area contributed by atoms with E-state index in [9.17, 15) is 4.79 Å². The van der Waals surface area contributed by atoms with Crippen molar-refractivity contribution in [2.75, 3.05) is 18.5 Å². The zero-order valence-electron chi connectivity index (χ0n) is 11.3. The largest absolute Gasteiger partial charge is 0.309 e. The highest BCUT2D eigenvalue weighted by Gasteiger charge is 2.29. The normalized spacial score (nSPS) is 19.6. The maximum Gasteiger partial charge on any atom is 0.244 e. The van der Waals surface area contributed by atoms with E-state index >= 15 is 0 Å². The quantitative estimate of drug-likeness (QED) is 0.919. The summed E-state index contributed by atoms with van der Waals surface area (Å²) in [6.07, 6.45) is 3.68. The van der Waals surface area contributed by atoms with Crippen molar-refractivity contribution in [2.24, 2.45) is 0 Å². The number of fused-ring (bicyclic) bond motifs is 1. The Kier molecular flexibility index (Phi) is 3.72. The Balaban J connectivity index is 2.07. The molecule has 104 valence electrons. The van der Waals surface area contributed by atoms with Crippen LogP contribution >= 0.6 is 15.9 Å². The molecule has 1 fully saturated rings. The second kappa shape index (κ2) is 5.50. The highest BCUT2D eigenvalue weighted by atomic mass is 79.9. The number of carbonyl (C=O) groups is 1. The van der Waals surface area contributed by atoms with Crippen LogP contribution in [0.5, 0.6) is 0 Å². The van der Waals surface area contributed by atoms with E-state index < -0.39 is 0 Å². The van der Waals surface area contributed by atoms with Gasteiger partial charge in [-0.1, -0.05) is 12.1 Å². The number of hydrogen-bond donors (Lipinski definition) is 1. The molecule has 1 aliphatic heterocycles. The van der Waals surface area contributed by atoms with Gasteiger partial charge in [0.25, 0.3) is 0 Å². The molecule has 1 aliphatic rings. The van der Waals surface area contributed by atoms with Crippen LogP contribution in [0.1, 0.15) is 12.8 Å². The molecule has 2 aromatic rings. The summed E-state index contributed by atoms with van der Waals surface area (Å²) >= 11 is 3.43. The summed E-state index contributed by atoms with van der Waals surface area (Å²) < 4.78 is 0.945. The summed E-state index contributed by atoms with van der Waals surface area (Å²) in [7, 11) is 1.84. The molecule has 0 radical (unpaired) electrons. The summed E-state index contributed by atoms with van der Waals surface area (Å²) in [5, 5.41) is 4.13. The fourth-order valence-electron chi connectivity index (χ4n) is 2.72. The Morgan fingerprint density at radius 2 is 2.30 bits per heavy atom. The van der Waals surface area contributed by atoms with Gasteiger partial charge in [0.2, 0.25) is 5.91 Å². The molecule has 1 atom stereocenters. The van der Waals surface area contributed by atoms with E-state index in [1.54, 1.807) is 6.20 Å². The van der Waals surface area contributed by atoms with Gasteiger partial charge in [0.05, 0.1) is 17.2 Å². The number of para-hydroxylation sites is 1. The first-order valence-electron chi connectivity index (χ1n) is 6.73. The van der Waals surface area contributed by atoms with Crippen molar-refractivity contribution in [2.45, 2.75) is 18.9 Å². The fourth-order valence-corrected chi connectivity index (χ4v) is 3.07.